The molecule has 0 spiro atoms. The molecule has 1 N–H and O–H groups in total. The summed E-state index contributed by atoms with van der Waals surface area (Å²) in [6.07, 6.45) is 2.17. The van der Waals surface area contributed by atoms with Gasteiger partial charge in [0.25, 0.3) is 5.91 Å². The molecule has 0 unspecified atom stereocenters. The summed E-state index contributed by atoms with van der Waals surface area (Å²) >= 11 is 1.50. The van der Waals surface area contributed by atoms with Crippen molar-refractivity contribution in [1.29, 1.82) is 0 Å². The van der Waals surface area contributed by atoms with E-state index in [9.17, 15) is 4.79 Å². The summed E-state index contributed by atoms with van der Waals surface area (Å²) in [7, 11) is 0. The van der Waals surface area contributed by atoms with Crippen molar-refractivity contribution in [2.24, 2.45) is 0 Å². The number of aromatic nitrogens is 2. The molecule has 1 aliphatic heterocycles. The van der Waals surface area contributed by atoms with E-state index in [1.165, 1.54) is 11.8 Å². The number of anilines is 1. The van der Waals surface area contributed by atoms with Crippen molar-refractivity contribution in [3.05, 3.63) is 35.4 Å². The predicted octanol–water partition coefficient (Wildman–Crippen LogP) is 3.43. The van der Waals surface area contributed by atoms with Crippen molar-refractivity contribution in [2.45, 2.75) is 50.6 Å². The summed E-state index contributed by atoms with van der Waals surface area (Å²) in [5, 5.41) is 3.58. The van der Waals surface area contributed by atoms with Crippen molar-refractivity contribution < 1.29 is 13.9 Å². The fourth-order valence-corrected chi connectivity index (χ4v) is 3.90. The van der Waals surface area contributed by atoms with Gasteiger partial charge in [0.05, 0.1) is 11.9 Å². The van der Waals surface area contributed by atoms with Crippen LogP contribution >= 0.6 is 11.8 Å². The van der Waals surface area contributed by atoms with E-state index < -0.39 is 0 Å². The van der Waals surface area contributed by atoms with Crippen LogP contribution in [-0.4, -0.2) is 48.2 Å². The zero-order valence-corrected chi connectivity index (χ0v) is 17.6. The molecule has 0 aliphatic carbocycles. The predicted molar refractivity (Wildman–Crippen MR) is 110 cm³/mol. The highest BCUT2D eigenvalue weighted by Gasteiger charge is 2.18. The van der Waals surface area contributed by atoms with Crippen LogP contribution in [0.3, 0.4) is 0 Å². The van der Waals surface area contributed by atoms with E-state index in [4.69, 9.17) is 9.15 Å². The van der Waals surface area contributed by atoms with Crippen LogP contribution in [0.25, 0.3) is 0 Å². The Labute approximate surface area is 170 Å². The van der Waals surface area contributed by atoms with E-state index in [0.29, 0.717) is 23.2 Å². The number of nitrogens with zero attached hydrogens (tertiary/aromatic N) is 3. The zero-order chi connectivity index (χ0) is 19.9. The zero-order valence-electron chi connectivity index (χ0n) is 16.7. The molecule has 0 bridgehead atoms. The summed E-state index contributed by atoms with van der Waals surface area (Å²) < 4.78 is 11.2. The monoisotopic (exact) mass is 404 g/mol. The molecule has 152 valence electrons. The van der Waals surface area contributed by atoms with Gasteiger partial charge in [0.15, 0.2) is 10.9 Å². The Kier molecular flexibility index (Phi) is 7.33. The lowest BCUT2D eigenvalue weighted by atomic mass is 10.2. The van der Waals surface area contributed by atoms with Gasteiger partial charge < -0.3 is 19.4 Å². The second kappa shape index (κ2) is 9.93. The van der Waals surface area contributed by atoms with Crippen molar-refractivity contribution >= 4 is 23.5 Å². The lowest BCUT2D eigenvalue weighted by Gasteiger charge is -2.20. The number of ether oxygens (including phenoxy) is 1. The molecule has 2 aromatic rings. The van der Waals surface area contributed by atoms with Crippen LogP contribution in [0.1, 0.15) is 48.7 Å². The topological polar surface area (TPSA) is 80.5 Å². The Morgan fingerprint density at radius 2 is 2.14 bits per heavy atom. The van der Waals surface area contributed by atoms with Gasteiger partial charge >= 0.3 is 0 Å². The van der Waals surface area contributed by atoms with Crippen LogP contribution in [0.2, 0.25) is 0 Å². The third-order valence-corrected chi connectivity index (χ3v) is 5.52. The molecule has 28 heavy (non-hydrogen) atoms. The second-order valence-electron chi connectivity index (χ2n) is 6.72. The van der Waals surface area contributed by atoms with Crippen molar-refractivity contribution in [2.75, 3.05) is 31.1 Å². The summed E-state index contributed by atoms with van der Waals surface area (Å²) in [6, 6.07) is 5.54. The number of rotatable bonds is 9. The third kappa shape index (κ3) is 5.48. The van der Waals surface area contributed by atoms with Gasteiger partial charge in [-0.1, -0.05) is 11.8 Å². The highest BCUT2D eigenvalue weighted by molar-refractivity contribution is 7.98. The van der Waals surface area contributed by atoms with Crippen LogP contribution in [-0.2, 0) is 10.5 Å². The molecule has 0 saturated carbocycles. The van der Waals surface area contributed by atoms with Crippen molar-refractivity contribution in [3.63, 3.8) is 0 Å². The molecule has 0 aromatic carbocycles. The van der Waals surface area contributed by atoms with Gasteiger partial charge in [0.1, 0.15) is 11.6 Å². The van der Waals surface area contributed by atoms with Crippen molar-refractivity contribution in [1.82, 2.24) is 15.3 Å². The van der Waals surface area contributed by atoms with Crippen molar-refractivity contribution in [3.8, 4) is 0 Å². The molecule has 1 atom stereocenters. The quantitative estimate of drug-likeness (QED) is 0.506. The van der Waals surface area contributed by atoms with Gasteiger partial charge in [-0.3, -0.25) is 4.79 Å². The molecular weight excluding hydrogens is 376 g/mol. The minimum atomic E-state index is -0.206. The Morgan fingerprint density at radius 3 is 2.86 bits per heavy atom. The van der Waals surface area contributed by atoms with E-state index in [1.807, 2.05) is 19.1 Å². The Hall–Kier alpha value is -2.06. The number of hydrogen-bond donors (Lipinski definition) is 1. The van der Waals surface area contributed by atoms with Gasteiger partial charge in [-0.05, 0) is 45.7 Å². The molecule has 2 aromatic heterocycles. The fourth-order valence-electron chi connectivity index (χ4n) is 3.11. The van der Waals surface area contributed by atoms with Gasteiger partial charge in [-0.25, -0.2) is 9.97 Å². The number of hydrogen-bond acceptors (Lipinski definition) is 7. The minimum Gasteiger partial charge on any atom is -0.455 e. The average Bonchev–Trinajstić information content (AvgIpc) is 3.37. The summed E-state index contributed by atoms with van der Waals surface area (Å²) in [6.45, 7) is 9.31. The van der Waals surface area contributed by atoms with E-state index in [2.05, 4.69) is 34.0 Å². The van der Waals surface area contributed by atoms with Gasteiger partial charge in [0.2, 0.25) is 0 Å². The Bertz CT molecular complexity index is 786. The number of aryl methyl sites for hydroxylation is 1. The largest absolute Gasteiger partial charge is 0.455 e. The van der Waals surface area contributed by atoms with E-state index in [0.717, 1.165) is 49.8 Å². The number of nitrogens with one attached hydrogen (secondary N) is 1. The molecule has 1 aliphatic rings. The number of carbonyl (C=O) groups is 1. The van der Waals surface area contributed by atoms with Gasteiger partial charge in [-0.2, -0.15) is 0 Å². The summed E-state index contributed by atoms with van der Waals surface area (Å²) in [4.78, 5) is 23.6. The van der Waals surface area contributed by atoms with Crippen LogP contribution < -0.4 is 10.2 Å². The molecule has 1 amide bonds. The average molecular weight is 405 g/mol. The maximum absolute atomic E-state index is 12.2. The highest BCUT2D eigenvalue weighted by Crippen LogP contribution is 2.24. The SMILES string of the molecule is CCN(CC)c1cc(C)nc(SCc2ccc(C(=O)NC[C@@H]3CCCO3)o2)n1. The number of furan rings is 1. The Balaban J connectivity index is 1.56. The minimum absolute atomic E-state index is 0.118. The number of carbonyl (C=O) groups excluding carboxylic acids is 1. The number of thioether (sulfide) groups is 1. The van der Waals surface area contributed by atoms with Crippen LogP contribution in [0.4, 0.5) is 5.82 Å². The molecule has 0 radical (unpaired) electrons. The standard InChI is InChI=1S/C20H28N4O3S/c1-4-24(5-2)18-11-14(3)22-20(23-18)28-13-16-8-9-17(27-16)19(25)21-12-15-7-6-10-26-15/h8-9,11,15H,4-7,10,12-13H2,1-3H3,(H,21,25)/t15-/m0/s1. The first kappa shape index (κ1) is 20.7. The first-order valence-electron chi connectivity index (χ1n) is 9.81. The summed E-state index contributed by atoms with van der Waals surface area (Å²) in [5.41, 5.74) is 0.938. The first-order valence-corrected chi connectivity index (χ1v) is 10.8. The maximum atomic E-state index is 12.2. The van der Waals surface area contributed by atoms with Gasteiger partial charge in [0, 0.05) is 38.0 Å². The summed E-state index contributed by atoms with van der Waals surface area (Å²) in [5.74, 6) is 2.35. The second-order valence-corrected chi connectivity index (χ2v) is 7.66. The molecule has 7 nitrogen and oxygen atoms in total. The number of amides is 1. The van der Waals surface area contributed by atoms with Crippen LogP contribution in [0, 0.1) is 6.92 Å². The highest BCUT2D eigenvalue weighted by atomic mass is 32.2. The van der Waals surface area contributed by atoms with Gasteiger partial charge in [-0.15, -0.1) is 0 Å². The third-order valence-electron chi connectivity index (χ3n) is 4.65. The fraction of sp³-hybridized carbons (Fsp3) is 0.550. The molecular formula is C20H28N4O3S. The smallest absolute Gasteiger partial charge is 0.287 e. The maximum Gasteiger partial charge on any atom is 0.287 e. The van der Waals surface area contributed by atoms with E-state index in [-0.39, 0.29) is 12.0 Å². The first-order chi connectivity index (χ1) is 13.6. The van der Waals surface area contributed by atoms with E-state index in [1.54, 1.807) is 6.07 Å². The Morgan fingerprint density at radius 1 is 1.32 bits per heavy atom. The lowest BCUT2D eigenvalue weighted by Crippen LogP contribution is -2.31. The molecule has 3 heterocycles. The molecule has 1 saturated heterocycles. The van der Waals surface area contributed by atoms with E-state index >= 15 is 0 Å². The van der Waals surface area contributed by atoms with Crippen LogP contribution in [0.5, 0.6) is 0 Å². The lowest BCUT2D eigenvalue weighted by molar-refractivity contribution is 0.0834. The molecule has 8 heteroatoms. The van der Waals surface area contributed by atoms with Crippen LogP contribution in [0.15, 0.2) is 27.8 Å². The molecule has 3 rings (SSSR count). The normalized spacial score (nSPS) is 16.3. The molecule has 1 fully saturated rings.